The molecular weight excluding hydrogens is 274 g/mol. The molecule has 2 aromatic carbocycles. The molecule has 3 rings (SSSR count). The van der Waals surface area contributed by atoms with Gasteiger partial charge in [-0.2, -0.15) is 5.10 Å². The van der Waals surface area contributed by atoms with Crippen LogP contribution in [0.3, 0.4) is 0 Å². The standard InChI is InChI=1S/C15H12ClN3O/c1-9-5-6-11(16)7-13(9)18-15(20)12-4-2-3-10-8-17-19-14(10)12/h2-8H,1H3,(H,17,19)(H,18,20). The Morgan fingerprint density at radius 2 is 2.15 bits per heavy atom. The summed E-state index contributed by atoms with van der Waals surface area (Å²) >= 11 is 5.96. The normalized spacial score (nSPS) is 10.7. The fourth-order valence-electron chi connectivity index (χ4n) is 2.08. The van der Waals surface area contributed by atoms with Crippen molar-refractivity contribution in [1.82, 2.24) is 10.2 Å². The Balaban J connectivity index is 1.97. The van der Waals surface area contributed by atoms with Crippen molar-refractivity contribution in [2.75, 3.05) is 5.32 Å². The Morgan fingerprint density at radius 1 is 1.30 bits per heavy atom. The van der Waals surface area contributed by atoms with E-state index in [2.05, 4.69) is 15.5 Å². The van der Waals surface area contributed by atoms with E-state index in [1.54, 1.807) is 24.4 Å². The molecule has 3 aromatic rings. The maximum Gasteiger partial charge on any atom is 0.257 e. The number of fused-ring (bicyclic) bond motifs is 1. The predicted molar refractivity (Wildman–Crippen MR) is 80.2 cm³/mol. The highest BCUT2D eigenvalue weighted by Crippen LogP contribution is 2.22. The Kier molecular flexibility index (Phi) is 3.16. The van der Waals surface area contributed by atoms with E-state index in [9.17, 15) is 4.79 Å². The summed E-state index contributed by atoms with van der Waals surface area (Å²) in [4.78, 5) is 12.4. The second-order valence-electron chi connectivity index (χ2n) is 4.55. The van der Waals surface area contributed by atoms with Crippen molar-refractivity contribution >= 4 is 34.1 Å². The molecule has 0 saturated heterocycles. The van der Waals surface area contributed by atoms with Crippen LogP contribution in [0.5, 0.6) is 0 Å². The fourth-order valence-corrected chi connectivity index (χ4v) is 2.25. The van der Waals surface area contributed by atoms with Gasteiger partial charge in [-0.15, -0.1) is 0 Å². The molecule has 0 spiro atoms. The summed E-state index contributed by atoms with van der Waals surface area (Å²) in [6.45, 7) is 1.92. The van der Waals surface area contributed by atoms with E-state index >= 15 is 0 Å². The zero-order valence-corrected chi connectivity index (χ0v) is 11.5. The van der Waals surface area contributed by atoms with Crippen molar-refractivity contribution in [3.05, 3.63) is 58.7 Å². The first-order valence-corrected chi connectivity index (χ1v) is 6.52. The molecule has 0 bridgehead atoms. The van der Waals surface area contributed by atoms with Crippen LogP contribution in [-0.4, -0.2) is 16.1 Å². The van der Waals surface area contributed by atoms with Crippen LogP contribution in [0.4, 0.5) is 5.69 Å². The quantitative estimate of drug-likeness (QED) is 0.753. The first-order chi connectivity index (χ1) is 9.65. The summed E-state index contributed by atoms with van der Waals surface area (Å²) in [5.41, 5.74) is 2.95. The molecule has 0 aliphatic carbocycles. The Labute approximate surface area is 120 Å². The number of para-hydroxylation sites is 1. The molecule has 100 valence electrons. The van der Waals surface area contributed by atoms with Crippen molar-refractivity contribution in [3.8, 4) is 0 Å². The number of rotatable bonds is 2. The summed E-state index contributed by atoms with van der Waals surface area (Å²) in [6, 6.07) is 10.9. The third-order valence-corrected chi connectivity index (χ3v) is 3.40. The largest absolute Gasteiger partial charge is 0.322 e. The number of aromatic amines is 1. The zero-order valence-electron chi connectivity index (χ0n) is 10.8. The Morgan fingerprint density at radius 3 is 3.00 bits per heavy atom. The third kappa shape index (κ3) is 2.26. The lowest BCUT2D eigenvalue weighted by Crippen LogP contribution is -2.13. The average Bonchev–Trinajstić information content (AvgIpc) is 2.91. The summed E-state index contributed by atoms with van der Waals surface area (Å²) in [6.07, 6.45) is 1.69. The van der Waals surface area contributed by atoms with E-state index in [1.165, 1.54) is 0 Å². The molecule has 0 aliphatic rings. The van der Waals surface area contributed by atoms with Gasteiger partial charge in [0, 0.05) is 16.1 Å². The van der Waals surface area contributed by atoms with E-state index in [1.807, 2.05) is 25.1 Å². The second-order valence-corrected chi connectivity index (χ2v) is 4.99. The molecule has 5 heteroatoms. The number of H-pyrrole nitrogens is 1. The van der Waals surface area contributed by atoms with Crippen LogP contribution in [0.1, 0.15) is 15.9 Å². The van der Waals surface area contributed by atoms with Gasteiger partial charge in [-0.05, 0) is 30.7 Å². The molecule has 0 atom stereocenters. The first-order valence-electron chi connectivity index (χ1n) is 6.15. The SMILES string of the molecule is Cc1ccc(Cl)cc1NC(=O)c1cccc2cn[nH]c12. The molecule has 1 amide bonds. The van der Waals surface area contributed by atoms with Gasteiger partial charge < -0.3 is 5.32 Å². The lowest BCUT2D eigenvalue weighted by molar-refractivity contribution is 0.102. The van der Waals surface area contributed by atoms with Gasteiger partial charge in [0.25, 0.3) is 5.91 Å². The fraction of sp³-hybridized carbons (Fsp3) is 0.0667. The van der Waals surface area contributed by atoms with Crippen molar-refractivity contribution in [3.63, 3.8) is 0 Å². The zero-order chi connectivity index (χ0) is 14.1. The highest BCUT2D eigenvalue weighted by molar-refractivity contribution is 6.31. The van der Waals surface area contributed by atoms with Gasteiger partial charge in [-0.1, -0.05) is 29.8 Å². The molecule has 0 unspecified atom stereocenters. The number of carbonyl (C=O) groups excluding carboxylic acids is 1. The van der Waals surface area contributed by atoms with E-state index in [0.29, 0.717) is 16.3 Å². The summed E-state index contributed by atoms with van der Waals surface area (Å²) < 4.78 is 0. The second kappa shape index (κ2) is 4.98. The number of nitrogens with zero attached hydrogens (tertiary/aromatic N) is 1. The number of aryl methyl sites for hydroxylation is 1. The Hall–Kier alpha value is -2.33. The van der Waals surface area contributed by atoms with E-state index in [-0.39, 0.29) is 5.91 Å². The van der Waals surface area contributed by atoms with Crippen LogP contribution in [0, 0.1) is 6.92 Å². The van der Waals surface area contributed by atoms with Crippen molar-refractivity contribution in [1.29, 1.82) is 0 Å². The maximum absolute atomic E-state index is 12.4. The maximum atomic E-state index is 12.4. The number of aromatic nitrogens is 2. The molecular formula is C15H12ClN3O. The molecule has 0 saturated carbocycles. The van der Waals surface area contributed by atoms with Crippen molar-refractivity contribution in [2.45, 2.75) is 6.92 Å². The first kappa shape index (κ1) is 12.7. The molecule has 0 aliphatic heterocycles. The minimum Gasteiger partial charge on any atom is -0.322 e. The van der Waals surface area contributed by atoms with E-state index < -0.39 is 0 Å². The summed E-state index contributed by atoms with van der Waals surface area (Å²) in [7, 11) is 0. The van der Waals surface area contributed by atoms with Crippen LogP contribution >= 0.6 is 11.6 Å². The van der Waals surface area contributed by atoms with Crippen LogP contribution in [0.25, 0.3) is 10.9 Å². The number of anilines is 1. The monoisotopic (exact) mass is 285 g/mol. The lowest BCUT2D eigenvalue weighted by atomic mass is 10.1. The topological polar surface area (TPSA) is 57.8 Å². The van der Waals surface area contributed by atoms with Crippen LogP contribution < -0.4 is 5.32 Å². The van der Waals surface area contributed by atoms with Gasteiger partial charge in [0.15, 0.2) is 0 Å². The lowest BCUT2D eigenvalue weighted by Gasteiger charge is -2.09. The highest BCUT2D eigenvalue weighted by atomic mass is 35.5. The summed E-state index contributed by atoms with van der Waals surface area (Å²) in [5, 5.41) is 11.2. The number of nitrogens with one attached hydrogen (secondary N) is 2. The van der Waals surface area contributed by atoms with Gasteiger partial charge >= 0.3 is 0 Å². The predicted octanol–water partition coefficient (Wildman–Crippen LogP) is 3.78. The number of amides is 1. The van der Waals surface area contributed by atoms with Crippen molar-refractivity contribution in [2.24, 2.45) is 0 Å². The molecule has 0 fully saturated rings. The molecule has 4 nitrogen and oxygen atoms in total. The minimum atomic E-state index is -0.190. The van der Waals surface area contributed by atoms with Gasteiger partial charge in [-0.3, -0.25) is 9.89 Å². The summed E-state index contributed by atoms with van der Waals surface area (Å²) in [5.74, 6) is -0.190. The number of benzene rings is 2. The molecule has 2 N–H and O–H groups in total. The number of hydrogen-bond acceptors (Lipinski definition) is 2. The van der Waals surface area contributed by atoms with Gasteiger partial charge in [0.05, 0.1) is 17.3 Å². The molecule has 0 radical (unpaired) electrons. The molecule has 20 heavy (non-hydrogen) atoms. The van der Waals surface area contributed by atoms with Gasteiger partial charge in [0.2, 0.25) is 0 Å². The van der Waals surface area contributed by atoms with Crippen LogP contribution in [0.15, 0.2) is 42.6 Å². The smallest absolute Gasteiger partial charge is 0.257 e. The molecule has 1 aromatic heterocycles. The highest BCUT2D eigenvalue weighted by Gasteiger charge is 2.12. The van der Waals surface area contributed by atoms with Gasteiger partial charge in [0.1, 0.15) is 0 Å². The van der Waals surface area contributed by atoms with E-state index in [0.717, 1.165) is 16.5 Å². The van der Waals surface area contributed by atoms with Crippen LogP contribution in [-0.2, 0) is 0 Å². The average molecular weight is 286 g/mol. The molecule has 1 heterocycles. The van der Waals surface area contributed by atoms with Gasteiger partial charge in [-0.25, -0.2) is 0 Å². The minimum absolute atomic E-state index is 0.190. The van der Waals surface area contributed by atoms with Crippen molar-refractivity contribution < 1.29 is 4.79 Å². The number of carbonyl (C=O) groups is 1. The third-order valence-electron chi connectivity index (χ3n) is 3.17. The van der Waals surface area contributed by atoms with E-state index in [4.69, 9.17) is 11.6 Å². The Bertz CT molecular complexity index is 795. The van der Waals surface area contributed by atoms with Crippen LogP contribution in [0.2, 0.25) is 5.02 Å². The number of halogens is 1. The number of hydrogen-bond donors (Lipinski definition) is 2.